The van der Waals surface area contributed by atoms with Gasteiger partial charge in [-0.05, 0) is 36.6 Å². The summed E-state index contributed by atoms with van der Waals surface area (Å²) in [5.74, 6) is -0.223. The van der Waals surface area contributed by atoms with Crippen molar-refractivity contribution >= 4 is 40.1 Å². The third kappa shape index (κ3) is 2.91. The fourth-order valence-electron chi connectivity index (χ4n) is 4.79. The summed E-state index contributed by atoms with van der Waals surface area (Å²) >= 11 is 7.50. The van der Waals surface area contributed by atoms with E-state index in [1.807, 2.05) is 48.5 Å². The SMILES string of the molecule is O=C1Nc2ccccc2/C1=c1/sc2n(c1=O)C1OCCCC1C(c1cccc(Cl)c1)N=2. The largest absolute Gasteiger partial charge is 0.357 e. The second kappa shape index (κ2) is 7.15. The molecule has 0 spiro atoms. The number of benzene rings is 2. The lowest BCUT2D eigenvalue weighted by atomic mass is 9.86. The molecule has 1 fully saturated rings. The lowest BCUT2D eigenvalue weighted by Crippen LogP contribution is -2.45. The molecule has 3 aliphatic heterocycles. The molecule has 3 unspecified atom stereocenters. The molecule has 1 amide bonds. The molecule has 0 saturated carbocycles. The highest BCUT2D eigenvalue weighted by Gasteiger charge is 2.40. The van der Waals surface area contributed by atoms with Crippen LogP contribution < -0.4 is 20.2 Å². The van der Waals surface area contributed by atoms with Gasteiger partial charge in [0.25, 0.3) is 11.5 Å². The molecule has 0 aliphatic carbocycles. The lowest BCUT2D eigenvalue weighted by Gasteiger charge is -2.38. The number of aromatic nitrogens is 1. The standard InChI is InChI=1S/C23H18ClN3O3S/c24-13-6-3-5-12(11-13)18-15-8-4-10-30-22(15)27-21(29)19(31-23(27)26-18)17-14-7-1-2-9-16(14)25-20(17)28/h1-3,5-7,9,11,15,18,22H,4,8,10H2,(H,25,28)/b19-17-. The Labute approximate surface area is 186 Å². The van der Waals surface area contributed by atoms with E-state index in [0.29, 0.717) is 26.5 Å². The average Bonchev–Trinajstić information content (AvgIpc) is 3.28. The van der Waals surface area contributed by atoms with Crippen molar-refractivity contribution in [2.45, 2.75) is 25.1 Å². The number of hydrogen-bond donors (Lipinski definition) is 1. The predicted molar refractivity (Wildman–Crippen MR) is 119 cm³/mol. The number of nitrogens with zero attached hydrogens (tertiary/aromatic N) is 2. The molecular weight excluding hydrogens is 434 g/mol. The summed E-state index contributed by atoms with van der Waals surface area (Å²) in [6, 6.07) is 15.0. The monoisotopic (exact) mass is 451 g/mol. The number of hydrogen-bond acceptors (Lipinski definition) is 5. The van der Waals surface area contributed by atoms with Crippen molar-refractivity contribution in [3.05, 3.63) is 84.4 Å². The van der Waals surface area contributed by atoms with Crippen molar-refractivity contribution in [2.24, 2.45) is 10.9 Å². The molecule has 6 rings (SSSR count). The predicted octanol–water partition coefficient (Wildman–Crippen LogP) is 3.01. The number of ether oxygens (including phenoxy) is 1. The summed E-state index contributed by atoms with van der Waals surface area (Å²) in [6.07, 6.45) is 1.42. The second-order valence-electron chi connectivity index (χ2n) is 7.96. The molecule has 3 aromatic rings. The van der Waals surface area contributed by atoms with Crippen LogP contribution in [0.3, 0.4) is 0 Å². The van der Waals surface area contributed by atoms with E-state index in [-0.39, 0.29) is 23.4 Å². The van der Waals surface area contributed by atoms with Gasteiger partial charge < -0.3 is 10.1 Å². The first-order valence-corrected chi connectivity index (χ1v) is 11.4. The summed E-state index contributed by atoms with van der Waals surface area (Å²) in [7, 11) is 0. The van der Waals surface area contributed by atoms with Crippen LogP contribution in [0.2, 0.25) is 5.02 Å². The number of carbonyl (C=O) groups is 1. The zero-order valence-electron chi connectivity index (χ0n) is 16.4. The minimum atomic E-state index is -0.400. The van der Waals surface area contributed by atoms with E-state index >= 15 is 0 Å². The Morgan fingerprint density at radius 2 is 2.03 bits per heavy atom. The van der Waals surface area contributed by atoms with Gasteiger partial charge in [0.05, 0.1) is 11.6 Å². The number of anilines is 1. The molecule has 1 N–H and O–H groups in total. The summed E-state index contributed by atoms with van der Waals surface area (Å²) in [5.41, 5.74) is 2.68. The molecule has 0 radical (unpaired) electrons. The summed E-state index contributed by atoms with van der Waals surface area (Å²) in [4.78, 5) is 31.8. The number of rotatable bonds is 1. The molecule has 6 nitrogen and oxygen atoms in total. The smallest absolute Gasteiger partial charge is 0.273 e. The fourth-order valence-corrected chi connectivity index (χ4v) is 6.11. The third-order valence-electron chi connectivity index (χ3n) is 6.15. The average molecular weight is 452 g/mol. The van der Waals surface area contributed by atoms with Crippen molar-refractivity contribution in [1.82, 2.24) is 4.57 Å². The topological polar surface area (TPSA) is 72.7 Å². The van der Waals surface area contributed by atoms with Crippen molar-refractivity contribution < 1.29 is 9.53 Å². The second-order valence-corrected chi connectivity index (χ2v) is 9.37. The molecular formula is C23H18ClN3O3S. The van der Waals surface area contributed by atoms with Gasteiger partial charge in [0.15, 0.2) is 4.80 Å². The van der Waals surface area contributed by atoms with Crippen LogP contribution in [0.4, 0.5) is 5.69 Å². The van der Waals surface area contributed by atoms with Gasteiger partial charge in [0.2, 0.25) is 0 Å². The Balaban J connectivity index is 1.62. The van der Waals surface area contributed by atoms with Crippen LogP contribution in [0.5, 0.6) is 0 Å². The number of para-hydroxylation sites is 1. The van der Waals surface area contributed by atoms with Crippen LogP contribution in [0, 0.1) is 5.92 Å². The molecule has 0 bridgehead atoms. The van der Waals surface area contributed by atoms with E-state index in [4.69, 9.17) is 21.3 Å². The summed E-state index contributed by atoms with van der Waals surface area (Å²) in [5, 5.41) is 3.51. The zero-order chi connectivity index (χ0) is 21.1. The first kappa shape index (κ1) is 19.0. The van der Waals surface area contributed by atoms with Gasteiger partial charge in [-0.15, -0.1) is 0 Å². The highest BCUT2D eigenvalue weighted by Crippen LogP contribution is 2.42. The lowest BCUT2D eigenvalue weighted by molar-refractivity contribution is -0.110. The van der Waals surface area contributed by atoms with Crippen LogP contribution >= 0.6 is 22.9 Å². The molecule has 2 aromatic carbocycles. The van der Waals surface area contributed by atoms with Crippen molar-refractivity contribution in [2.75, 3.05) is 11.9 Å². The van der Waals surface area contributed by atoms with Gasteiger partial charge in [-0.1, -0.05) is 53.3 Å². The van der Waals surface area contributed by atoms with Crippen LogP contribution in [-0.4, -0.2) is 17.1 Å². The maximum atomic E-state index is 13.5. The Kier molecular flexibility index (Phi) is 4.38. The van der Waals surface area contributed by atoms with Gasteiger partial charge in [-0.3, -0.25) is 19.1 Å². The van der Waals surface area contributed by atoms with E-state index in [0.717, 1.165) is 29.7 Å². The Morgan fingerprint density at radius 1 is 1.16 bits per heavy atom. The number of carbonyl (C=O) groups excluding carboxylic acids is 1. The summed E-state index contributed by atoms with van der Waals surface area (Å²) in [6.45, 7) is 0.598. The Morgan fingerprint density at radius 3 is 2.90 bits per heavy atom. The fraction of sp³-hybridized carbons (Fsp3) is 0.261. The third-order valence-corrected chi connectivity index (χ3v) is 7.45. The van der Waals surface area contributed by atoms with E-state index in [2.05, 4.69) is 5.32 Å². The van der Waals surface area contributed by atoms with Gasteiger partial charge >= 0.3 is 0 Å². The van der Waals surface area contributed by atoms with Crippen LogP contribution in [0.1, 0.15) is 36.2 Å². The van der Waals surface area contributed by atoms with Gasteiger partial charge in [-0.25, -0.2) is 0 Å². The number of amides is 1. The summed E-state index contributed by atoms with van der Waals surface area (Å²) < 4.78 is 8.16. The minimum Gasteiger partial charge on any atom is -0.357 e. The molecule has 4 heterocycles. The van der Waals surface area contributed by atoms with Crippen molar-refractivity contribution in [1.29, 1.82) is 0 Å². The quantitative estimate of drug-likeness (QED) is 0.618. The maximum absolute atomic E-state index is 13.5. The number of fused-ring (bicyclic) bond motifs is 4. The first-order valence-electron chi connectivity index (χ1n) is 10.2. The number of nitrogens with one attached hydrogen (secondary N) is 1. The van der Waals surface area contributed by atoms with E-state index in [9.17, 15) is 9.59 Å². The molecule has 156 valence electrons. The first-order chi connectivity index (χ1) is 15.1. The number of halogens is 1. The van der Waals surface area contributed by atoms with Crippen LogP contribution in [-0.2, 0) is 9.53 Å². The van der Waals surface area contributed by atoms with E-state index in [1.165, 1.54) is 11.3 Å². The molecule has 3 aliphatic rings. The normalized spacial score (nSPS) is 25.8. The zero-order valence-corrected chi connectivity index (χ0v) is 17.9. The Hall–Kier alpha value is -2.74. The molecule has 3 atom stereocenters. The van der Waals surface area contributed by atoms with Crippen molar-refractivity contribution in [3.8, 4) is 0 Å². The Bertz CT molecular complexity index is 1410. The minimum absolute atomic E-state index is 0.0366. The van der Waals surface area contributed by atoms with Crippen LogP contribution in [0.15, 0.2) is 58.3 Å². The van der Waals surface area contributed by atoms with Crippen LogP contribution in [0.25, 0.3) is 5.57 Å². The van der Waals surface area contributed by atoms with E-state index < -0.39 is 6.23 Å². The highest BCUT2D eigenvalue weighted by atomic mass is 35.5. The van der Waals surface area contributed by atoms with E-state index in [1.54, 1.807) is 4.57 Å². The maximum Gasteiger partial charge on any atom is 0.273 e. The van der Waals surface area contributed by atoms with Gasteiger partial charge in [0.1, 0.15) is 10.8 Å². The highest BCUT2D eigenvalue weighted by molar-refractivity contribution is 7.07. The molecule has 1 aromatic heterocycles. The van der Waals surface area contributed by atoms with Gasteiger partial charge in [0, 0.05) is 28.8 Å². The molecule has 1 saturated heterocycles. The number of thiazole rings is 1. The molecule has 8 heteroatoms. The van der Waals surface area contributed by atoms with Crippen molar-refractivity contribution in [3.63, 3.8) is 0 Å². The van der Waals surface area contributed by atoms with Gasteiger partial charge in [-0.2, -0.15) is 0 Å². The molecule has 31 heavy (non-hydrogen) atoms.